The van der Waals surface area contributed by atoms with Crippen LogP contribution in [0.5, 0.6) is 0 Å². The van der Waals surface area contributed by atoms with Crippen molar-refractivity contribution in [2.45, 2.75) is 6.92 Å². The molecule has 0 atom stereocenters. The molecule has 0 amide bonds. The highest BCUT2D eigenvalue weighted by Gasteiger charge is 2.20. The third-order valence-electron chi connectivity index (χ3n) is 2.35. The van der Waals surface area contributed by atoms with E-state index in [1.807, 2.05) is 0 Å². The molecule has 0 spiro atoms. The Morgan fingerprint density at radius 2 is 2.12 bits per heavy atom. The molecule has 0 unspecified atom stereocenters. The molecule has 2 aromatic rings. The van der Waals surface area contributed by atoms with Crippen molar-refractivity contribution >= 4 is 21.6 Å². The van der Waals surface area contributed by atoms with E-state index in [0.717, 1.165) is 5.56 Å². The van der Waals surface area contributed by atoms with Crippen LogP contribution in [0.15, 0.2) is 39.4 Å². The molecule has 4 nitrogen and oxygen atoms in total. The quantitative estimate of drug-likeness (QED) is 0.619. The van der Waals surface area contributed by atoms with Crippen LogP contribution in [0.25, 0.3) is 11.3 Å². The zero-order valence-corrected chi connectivity index (χ0v) is 10.0. The molecule has 2 rings (SSSR count). The fraction of sp³-hybridized carbons (Fsp3) is 0.0909. The summed E-state index contributed by atoms with van der Waals surface area (Å²) in [5.41, 5.74) is 1.41. The van der Waals surface area contributed by atoms with Crippen molar-refractivity contribution in [2.75, 3.05) is 0 Å². The predicted octanol–water partition coefficient (Wildman–Crippen LogP) is 3.93. The molecule has 0 saturated heterocycles. The molecule has 0 aliphatic rings. The number of halogens is 1. The van der Waals surface area contributed by atoms with Gasteiger partial charge < -0.3 is 4.42 Å². The van der Waals surface area contributed by atoms with Crippen LogP contribution in [0.3, 0.4) is 0 Å². The Hall–Kier alpha value is -1.62. The van der Waals surface area contributed by atoms with Crippen LogP contribution in [0, 0.1) is 17.0 Å². The second-order valence-electron chi connectivity index (χ2n) is 3.30. The van der Waals surface area contributed by atoms with Gasteiger partial charge in [-0.25, -0.2) is 0 Å². The van der Waals surface area contributed by atoms with Gasteiger partial charge in [-0.1, -0.05) is 0 Å². The molecule has 0 aliphatic heterocycles. The van der Waals surface area contributed by atoms with Gasteiger partial charge in [-0.2, -0.15) is 0 Å². The van der Waals surface area contributed by atoms with Gasteiger partial charge in [0.15, 0.2) is 0 Å². The number of nitrogens with zero attached hydrogens (tertiary/aromatic N) is 1. The van der Waals surface area contributed by atoms with Crippen LogP contribution in [-0.2, 0) is 0 Å². The average Bonchev–Trinajstić information content (AvgIpc) is 2.70. The summed E-state index contributed by atoms with van der Waals surface area (Å²) in [6.45, 7) is 1.71. The average molecular weight is 282 g/mol. The molecule has 0 saturated carbocycles. The number of furan rings is 1. The summed E-state index contributed by atoms with van der Waals surface area (Å²) in [5, 5.41) is 10.9. The maximum atomic E-state index is 10.9. The fourth-order valence-electron chi connectivity index (χ4n) is 1.59. The van der Waals surface area contributed by atoms with E-state index in [9.17, 15) is 10.1 Å². The Balaban J connectivity index is 2.66. The summed E-state index contributed by atoms with van der Waals surface area (Å²) in [6.07, 6.45) is 1.54. The molecule has 82 valence electrons. The maximum absolute atomic E-state index is 10.9. The first-order chi connectivity index (χ1) is 7.61. The van der Waals surface area contributed by atoms with Gasteiger partial charge in [0.25, 0.3) is 5.69 Å². The first-order valence-corrected chi connectivity index (χ1v) is 5.38. The van der Waals surface area contributed by atoms with Gasteiger partial charge in [0, 0.05) is 11.1 Å². The van der Waals surface area contributed by atoms with Gasteiger partial charge in [0.2, 0.25) is 0 Å². The van der Waals surface area contributed by atoms with E-state index in [4.69, 9.17) is 4.42 Å². The minimum Gasteiger partial charge on any atom is -0.464 e. The lowest BCUT2D eigenvalue weighted by Gasteiger charge is -2.04. The Morgan fingerprint density at radius 3 is 2.69 bits per heavy atom. The Labute approximate surface area is 100 Å². The molecular weight excluding hydrogens is 274 g/mol. The van der Waals surface area contributed by atoms with Crippen LogP contribution in [0.4, 0.5) is 5.69 Å². The molecule has 0 bridgehead atoms. The lowest BCUT2D eigenvalue weighted by Crippen LogP contribution is -1.94. The Bertz CT molecular complexity index is 534. The highest BCUT2D eigenvalue weighted by molar-refractivity contribution is 9.10. The van der Waals surface area contributed by atoms with Crippen LogP contribution in [0.2, 0.25) is 0 Å². The molecule has 1 aromatic carbocycles. The second kappa shape index (κ2) is 4.09. The zero-order valence-electron chi connectivity index (χ0n) is 8.44. The van der Waals surface area contributed by atoms with Gasteiger partial charge in [-0.05, 0) is 47.1 Å². The molecule has 5 heteroatoms. The first-order valence-electron chi connectivity index (χ1n) is 4.58. The normalized spacial score (nSPS) is 10.4. The van der Waals surface area contributed by atoms with Gasteiger partial charge in [-0.15, -0.1) is 0 Å². The van der Waals surface area contributed by atoms with E-state index in [1.54, 1.807) is 37.5 Å². The summed E-state index contributed by atoms with van der Waals surface area (Å²) in [7, 11) is 0. The van der Waals surface area contributed by atoms with Gasteiger partial charge in [0.1, 0.15) is 5.76 Å². The molecule has 1 heterocycles. The third kappa shape index (κ3) is 1.74. The predicted molar refractivity (Wildman–Crippen MR) is 63.2 cm³/mol. The van der Waals surface area contributed by atoms with Gasteiger partial charge in [0.05, 0.1) is 15.7 Å². The summed E-state index contributed by atoms with van der Waals surface area (Å²) < 4.78 is 5.71. The second-order valence-corrected chi connectivity index (χ2v) is 4.16. The largest absolute Gasteiger partial charge is 0.464 e. The lowest BCUT2D eigenvalue weighted by molar-refractivity contribution is -0.386. The van der Waals surface area contributed by atoms with Gasteiger partial charge in [-0.3, -0.25) is 10.1 Å². The van der Waals surface area contributed by atoms with Crippen molar-refractivity contribution in [3.63, 3.8) is 0 Å². The third-order valence-corrected chi connectivity index (χ3v) is 2.99. The smallest absolute Gasteiger partial charge is 0.287 e. The minimum absolute atomic E-state index is 0.0777. The number of rotatable bonds is 2. The van der Waals surface area contributed by atoms with Crippen molar-refractivity contribution in [3.05, 3.63) is 50.7 Å². The van der Waals surface area contributed by atoms with E-state index in [1.165, 1.54) is 0 Å². The topological polar surface area (TPSA) is 56.3 Å². The van der Waals surface area contributed by atoms with Crippen LogP contribution in [0.1, 0.15) is 5.56 Å². The van der Waals surface area contributed by atoms with E-state index >= 15 is 0 Å². The van der Waals surface area contributed by atoms with E-state index < -0.39 is 4.92 Å². The first kappa shape index (κ1) is 10.9. The molecule has 0 N–H and O–H groups in total. The van der Waals surface area contributed by atoms with E-state index in [0.29, 0.717) is 15.8 Å². The van der Waals surface area contributed by atoms with Crippen molar-refractivity contribution in [2.24, 2.45) is 0 Å². The van der Waals surface area contributed by atoms with Crippen LogP contribution < -0.4 is 0 Å². The number of hydrogen-bond donors (Lipinski definition) is 0. The molecule has 16 heavy (non-hydrogen) atoms. The van der Waals surface area contributed by atoms with Crippen LogP contribution >= 0.6 is 15.9 Å². The Morgan fingerprint density at radius 1 is 1.38 bits per heavy atom. The highest BCUT2D eigenvalue weighted by atomic mass is 79.9. The summed E-state index contributed by atoms with van der Waals surface area (Å²) in [4.78, 5) is 10.5. The van der Waals surface area contributed by atoms with Crippen molar-refractivity contribution in [1.29, 1.82) is 0 Å². The van der Waals surface area contributed by atoms with E-state index in [-0.39, 0.29) is 5.69 Å². The number of nitro benzene ring substituents is 1. The van der Waals surface area contributed by atoms with Crippen molar-refractivity contribution < 1.29 is 9.34 Å². The summed E-state index contributed by atoms with van der Waals surface area (Å²) in [5.74, 6) is 0.633. The number of hydrogen-bond acceptors (Lipinski definition) is 3. The van der Waals surface area contributed by atoms with Crippen LogP contribution in [-0.4, -0.2) is 4.92 Å². The lowest BCUT2D eigenvalue weighted by atomic mass is 10.0. The minimum atomic E-state index is -0.397. The maximum Gasteiger partial charge on any atom is 0.287 e. The number of benzene rings is 1. The van der Waals surface area contributed by atoms with Crippen molar-refractivity contribution in [1.82, 2.24) is 0 Å². The Kier molecular flexibility index (Phi) is 2.78. The molecule has 0 radical (unpaired) electrons. The van der Waals surface area contributed by atoms with Crippen molar-refractivity contribution in [3.8, 4) is 11.3 Å². The zero-order chi connectivity index (χ0) is 11.7. The molecule has 1 aromatic heterocycles. The fourth-order valence-corrected chi connectivity index (χ4v) is 2.16. The molecule has 0 fully saturated rings. The highest BCUT2D eigenvalue weighted by Crippen LogP contribution is 2.35. The SMILES string of the molecule is Cc1c(-c2ccco2)ccc(Br)c1[N+](=O)[O-]. The summed E-state index contributed by atoms with van der Waals surface area (Å²) in [6, 6.07) is 6.98. The monoisotopic (exact) mass is 281 g/mol. The summed E-state index contributed by atoms with van der Waals surface area (Å²) >= 11 is 3.17. The molecular formula is C11H8BrNO3. The van der Waals surface area contributed by atoms with Gasteiger partial charge >= 0.3 is 0 Å². The van der Waals surface area contributed by atoms with E-state index in [2.05, 4.69) is 15.9 Å². The number of nitro groups is 1. The standard InChI is InChI=1S/C11H8BrNO3/c1-7-8(10-3-2-6-16-10)4-5-9(12)11(7)13(14)15/h2-6H,1H3. The molecule has 0 aliphatic carbocycles.